The molecule has 0 saturated carbocycles. The number of rotatable bonds is 4. The Hall–Kier alpha value is -1.22. The molecule has 1 aromatic rings. The van der Waals surface area contributed by atoms with Crippen molar-refractivity contribution in [3.8, 4) is 0 Å². The molecule has 0 radical (unpaired) electrons. The van der Waals surface area contributed by atoms with Crippen LogP contribution in [-0.2, 0) is 24.2 Å². The van der Waals surface area contributed by atoms with E-state index in [1.807, 2.05) is 0 Å². The Kier molecular flexibility index (Phi) is 5.49. The van der Waals surface area contributed by atoms with Gasteiger partial charge in [0.15, 0.2) is 6.04 Å². The van der Waals surface area contributed by atoms with Gasteiger partial charge in [-0.05, 0) is 11.6 Å². The number of carbonyl (C=O) groups is 3. The molecule has 1 saturated heterocycles. The Bertz CT molecular complexity index is 854. The van der Waals surface area contributed by atoms with Crippen molar-refractivity contribution in [3.05, 3.63) is 21.4 Å². The van der Waals surface area contributed by atoms with Gasteiger partial charge in [0.05, 0.1) is 18.5 Å². The van der Waals surface area contributed by atoms with E-state index in [-0.39, 0.29) is 41.0 Å². The number of methoxy groups -OCH3 is 1. The molecule has 0 spiro atoms. The van der Waals surface area contributed by atoms with Gasteiger partial charge in [0.1, 0.15) is 6.04 Å². The molecule has 3 amide bonds. The van der Waals surface area contributed by atoms with Crippen LogP contribution in [0, 0.1) is 0 Å². The predicted octanol–water partition coefficient (Wildman–Crippen LogP) is -3.75. The number of carbonyl (C=O) groups excluding carboxylic acids is 3. The monoisotopic (exact) mass is 399 g/mol. The molecule has 25 heavy (non-hydrogen) atoms. The largest absolute Gasteiger partial charge is 1.00 e. The van der Waals surface area contributed by atoms with Crippen LogP contribution >= 0.6 is 11.3 Å². The number of nitrogens with two attached hydrogens (primary N) is 1. The molecule has 14 heteroatoms. The van der Waals surface area contributed by atoms with E-state index in [0.29, 0.717) is 15.5 Å². The molecule has 11 nitrogen and oxygen atoms in total. The van der Waals surface area contributed by atoms with Crippen molar-refractivity contribution in [3.63, 3.8) is 0 Å². The number of ether oxygens (including phenoxy) is 1. The Morgan fingerprint density at radius 3 is 2.60 bits per heavy atom. The Morgan fingerprint density at radius 2 is 2.08 bits per heavy atom. The summed E-state index contributed by atoms with van der Waals surface area (Å²) in [5.74, 6) is -1.54. The summed E-state index contributed by atoms with van der Waals surface area (Å²) in [6, 6.07) is -1.79. The average Bonchev–Trinajstić information content (AvgIpc) is 3.03. The van der Waals surface area contributed by atoms with Gasteiger partial charge >= 0.3 is 41.6 Å². The molecule has 130 valence electrons. The first-order valence-electron chi connectivity index (χ1n) is 6.40. The zero-order chi connectivity index (χ0) is 17.8. The summed E-state index contributed by atoms with van der Waals surface area (Å²) >= 11 is 0.886. The van der Waals surface area contributed by atoms with Crippen LogP contribution < -0.4 is 35.3 Å². The van der Waals surface area contributed by atoms with Crippen molar-refractivity contribution in [2.24, 2.45) is 5.73 Å². The summed E-state index contributed by atoms with van der Waals surface area (Å²) in [5.41, 5.74) is 5.53. The van der Waals surface area contributed by atoms with Gasteiger partial charge in [-0.2, -0.15) is 9.35 Å². The summed E-state index contributed by atoms with van der Waals surface area (Å²) in [4.78, 5) is 37.2. The fourth-order valence-electron chi connectivity index (χ4n) is 2.72. The maximum Gasteiger partial charge on any atom is 1.00 e. The number of hydrogen-bond donors (Lipinski definition) is 1. The summed E-state index contributed by atoms with van der Waals surface area (Å²) in [7, 11) is -4.09. The van der Waals surface area contributed by atoms with E-state index >= 15 is 0 Å². The van der Waals surface area contributed by atoms with E-state index in [4.69, 9.17) is 5.73 Å². The van der Waals surface area contributed by atoms with Gasteiger partial charge in [-0.1, -0.05) is 0 Å². The van der Waals surface area contributed by atoms with Crippen molar-refractivity contribution in [2.45, 2.75) is 12.1 Å². The van der Waals surface area contributed by atoms with Crippen LogP contribution in [0.15, 0.2) is 6.07 Å². The molecule has 0 aromatic carbocycles. The predicted molar refractivity (Wildman–Crippen MR) is 75.1 cm³/mol. The SMILES string of the molecule is COC(=O)C1c2sc(C(N)=O)cc2C2CN1C(=O)N2OS(=O)(=O)[O-].[Na+]. The molecular formula is C11H10N3NaO8S2. The average molecular weight is 399 g/mol. The molecule has 2 atom stereocenters. The third kappa shape index (κ3) is 3.40. The van der Waals surface area contributed by atoms with Crippen LogP contribution in [0.25, 0.3) is 0 Å². The van der Waals surface area contributed by atoms with Crippen LogP contribution in [0.1, 0.15) is 32.2 Å². The second kappa shape index (κ2) is 6.83. The normalized spacial score (nSPS) is 21.6. The van der Waals surface area contributed by atoms with Gasteiger partial charge in [-0.25, -0.2) is 18.0 Å². The van der Waals surface area contributed by atoms with Crippen LogP contribution in [0.4, 0.5) is 4.79 Å². The third-order valence-corrected chi connectivity index (χ3v) is 5.20. The molecule has 1 fully saturated rings. The van der Waals surface area contributed by atoms with Crippen LogP contribution in [-0.4, -0.2) is 54.5 Å². The van der Waals surface area contributed by atoms with Gasteiger partial charge in [-0.15, -0.1) is 11.3 Å². The smallest absolute Gasteiger partial charge is 0.724 e. The minimum absolute atomic E-state index is 0. The van der Waals surface area contributed by atoms with E-state index in [0.717, 1.165) is 23.3 Å². The number of hydroxylamine groups is 2. The van der Waals surface area contributed by atoms with Crippen LogP contribution in [0.3, 0.4) is 0 Å². The summed E-state index contributed by atoms with van der Waals surface area (Å²) < 4.78 is 41.5. The second-order valence-electron chi connectivity index (χ2n) is 4.98. The fourth-order valence-corrected chi connectivity index (χ4v) is 4.26. The molecule has 2 unspecified atom stereocenters. The number of fused-ring (bicyclic) bond motifs is 4. The van der Waals surface area contributed by atoms with Crippen molar-refractivity contribution in [2.75, 3.05) is 13.7 Å². The first-order chi connectivity index (χ1) is 11.1. The zero-order valence-corrected chi connectivity index (χ0v) is 16.6. The van der Waals surface area contributed by atoms with Crippen molar-refractivity contribution >= 4 is 39.6 Å². The standard InChI is InChI=1S/C11H11N3O8S2.Na/c1-21-10(16)7-8-4(2-6(23-8)9(12)15)5-3-13(7)11(17)14(5)22-24(18,19)20;/h2,5,7H,3H2,1H3,(H2,12,15)(H,18,19,20);/q;+1/p-1. The molecule has 0 aliphatic carbocycles. The van der Waals surface area contributed by atoms with Crippen molar-refractivity contribution < 1.29 is 65.9 Å². The summed E-state index contributed by atoms with van der Waals surface area (Å²) in [5, 5.41) is 0.377. The Balaban J connectivity index is 0.00000225. The molecule has 3 heterocycles. The van der Waals surface area contributed by atoms with E-state index in [9.17, 15) is 27.4 Å². The summed E-state index contributed by atoms with van der Waals surface area (Å²) in [6.45, 7) is -0.115. The first-order valence-corrected chi connectivity index (χ1v) is 8.55. The Labute approximate surface area is 167 Å². The van der Waals surface area contributed by atoms with E-state index in [1.165, 1.54) is 6.07 Å². The fraction of sp³-hybridized carbons (Fsp3) is 0.364. The number of esters is 1. The van der Waals surface area contributed by atoms with Gasteiger partial charge in [0, 0.05) is 4.88 Å². The molecule has 2 N–H and O–H groups in total. The van der Waals surface area contributed by atoms with Gasteiger partial charge < -0.3 is 19.9 Å². The number of primary amides is 1. The number of hydrogen-bond acceptors (Lipinski definition) is 9. The van der Waals surface area contributed by atoms with Crippen molar-refractivity contribution in [1.29, 1.82) is 0 Å². The van der Waals surface area contributed by atoms with Gasteiger partial charge in [0.2, 0.25) is 10.4 Å². The van der Waals surface area contributed by atoms with Gasteiger partial charge in [-0.3, -0.25) is 4.79 Å². The number of amides is 3. The minimum Gasteiger partial charge on any atom is -0.724 e. The number of nitrogens with zero attached hydrogens (tertiary/aromatic N) is 2. The molecule has 1 aromatic heterocycles. The summed E-state index contributed by atoms with van der Waals surface area (Å²) in [6.07, 6.45) is 0. The molecule has 3 rings (SSSR count). The maximum atomic E-state index is 12.3. The maximum absolute atomic E-state index is 12.3. The molecule has 2 aliphatic rings. The first kappa shape index (κ1) is 20.1. The van der Waals surface area contributed by atoms with E-state index in [1.54, 1.807) is 0 Å². The molecule has 2 bridgehead atoms. The minimum atomic E-state index is -5.21. The third-order valence-electron chi connectivity index (χ3n) is 3.64. The Morgan fingerprint density at radius 1 is 1.44 bits per heavy atom. The number of thiophene rings is 1. The molecule has 2 aliphatic heterocycles. The van der Waals surface area contributed by atoms with Crippen LogP contribution in [0.2, 0.25) is 0 Å². The van der Waals surface area contributed by atoms with E-state index in [2.05, 4.69) is 9.02 Å². The second-order valence-corrected chi connectivity index (χ2v) is 7.03. The van der Waals surface area contributed by atoms with Crippen molar-refractivity contribution in [1.82, 2.24) is 9.96 Å². The van der Waals surface area contributed by atoms with E-state index < -0.39 is 40.4 Å². The van der Waals surface area contributed by atoms with Crippen LogP contribution in [0.5, 0.6) is 0 Å². The molecular weight excluding hydrogens is 389 g/mol. The zero-order valence-electron chi connectivity index (χ0n) is 13.0. The topological polar surface area (TPSA) is 159 Å². The van der Waals surface area contributed by atoms with Gasteiger partial charge in [0.25, 0.3) is 5.91 Å². The quantitative estimate of drug-likeness (QED) is 0.234. The number of urea groups is 1.